The monoisotopic (exact) mass is 292 g/mol. The average Bonchev–Trinajstić information content (AvgIpc) is 2.85. The van der Waals surface area contributed by atoms with Crippen molar-refractivity contribution in [2.75, 3.05) is 5.33 Å². The molecule has 1 atom stereocenters. The zero-order valence-electron chi connectivity index (χ0n) is 10.0. The maximum Gasteiger partial charge on any atom is 0.139 e. The van der Waals surface area contributed by atoms with E-state index in [4.69, 9.17) is 0 Å². The lowest BCUT2D eigenvalue weighted by Crippen LogP contribution is -2.11. The number of hydrogen-bond acceptors (Lipinski definition) is 1. The number of alkyl halides is 1. The smallest absolute Gasteiger partial charge is 0.139 e. The zero-order chi connectivity index (χ0) is 12.1. The molecule has 0 aliphatic rings. The highest BCUT2D eigenvalue weighted by molar-refractivity contribution is 9.09. The Morgan fingerprint density at radius 1 is 1.29 bits per heavy atom. The number of hydrogen-bond donors (Lipinski definition) is 0. The van der Waals surface area contributed by atoms with Gasteiger partial charge < -0.3 is 4.57 Å². The van der Waals surface area contributed by atoms with Crippen LogP contribution in [0.4, 0.5) is 0 Å². The molecule has 0 spiro atoms. The van der Waals surface area contributed by atoms with Crippen LogP contribution in [0.3, 0.4) is 0 Å². The Balaban J connectivity index is 2.23. The molecule has 0 bridgehead atoms. The summed E-state index contributed by atoms with van der Waals surface area (Å²) >= 11 is 3.57. The van der Waals surface area contributed by atoms with Crippen LogP contribution < -0.4 is 0 Å². The Bertz CT molecular complexity index is 446. The van der Waals surface area contributed by atoms with E-state index in [9.17, 15) is 0 Å². The first-order valence-corrected chi connectivity index (χ1v) is 7.09. The van der Waals surface area contributed by atoms with Crippen molar-refractivity contribution in [3.63, 3.8) is 0 Å². The van der Waals surface area contributed by atoms with E-state index in [2.05, 4.69) is 62.9 Å². The molecule has 0 amide bonds. The number of benzene rings is 1. The van der Waals surface area contributed by atoms with Gasteiger partial charge in [-0.1, -0.05) is 59.6 Å². The SMILES string of the molecule is CCC(CBr)Cn1ccnc1-c1ccccc1. The number of nitrogens with zero attached hydrogens (tertiary/aromatic N) is 2. The molecule has 0 radical (unpaired) electrons. The Morgan fingerprint density at radius 2 is 2.06 bits per heavy atom. The predicted molar refractivity (Wildman–Crippen MR) is 75.2 cm³/mol. The summed E-state index contributed by atoms with van der Waals surface area (Å²) in [5, 5.41) is 1.04. The summed E-state index contributed by atoms with van der Waals surface area (Å²) < 4.78 is 2.24. The summed E-state index contributed by atoms with van der Waals surface area (Å²) in [6, 6.07) is 10.3. The van der Waals surface area contributed by atoms with Crippen LogP contribution in [0.1, 0.15) is 13.3 Å². The molecule has 2 rings (SSSR count). The highest BCUT2D eigenvalue weighted by atomic mass is 79.9. The van der Waals surface area contributed by atoms with E-state index >= 15 is 0 Å². The van der Waals surface area contributed by atoms with E-state index in [1.807, 2.05) is 12.3 Å². The molecule has 0 saturated carbocycles. The zero-order valence-corrected chi connectivity index (χ0v) is 11.6. The topological polar surface area (TPSA) is 17.8 Å². The molecule has 1 heterocycles. The van der Waals surface area contributed by atoms with Crippen molar-refractivity contribution >= 4 is 15.9 Å². The average molecular weight is 293 g/mol. The molecule has 3 heteroatoms. The molecular formula is C14H17BrN2. The van der Waals surface area contributed by atoms with Gasteiger partial charge in [0, 0.05) is 29.8 Å². The van der Waals surface area contributed by atoms with Crippen molar-refractivity contribution in [2.24, 2.45) is 5.92 Å². The number of imidazole rings is 1. The highest BCUT2D eigenvalue weighted by Gasteiger charge is 2.10. The first kappa shape index (κ1) is 12.4. The Hall–Kier alpha value is -1.09. The third-order valence-electron chi connectivity index (χ3n) is 3.00. The fourth-order valence-electron chi connectivity index (χ4n) is 1.87. The number of aromatic nitrogens is 2. The predicted octanol–water partition coefficient (Wildman–Crippen LogP) is 3.97. The van der Waals surface area contributed by atoms with Gasteiger partial charge in [-0.05, 0) is 5.92 Å². The first-order chi connectivity index (χ1) is 8.35. The van der Waals surface area contributed by atoms with E-state index < -0.39 is 0 Å². The van der Waals surface area contributed by atoms with Gasteiger partial charge in [0.15, 0.2) is 0 Å². The third-order valence-corrected chi connectivity index (χ3v) is 3.91. The van der Waals surface area contributed by atoms with Crippen molar-refractivity contribution in [1.82, 2.24) is 9.55 Å². The second kappa shape index (κ2) is 6.01. The van der Waals surface area contributed by atoms with Gasteiger partial charge in [0.1, 0.15) is 5.82 Å². The van der Waals surface area contributed by atoms with Crippen LogP contribution in [0.15, 0.2) is 42.7 Å². The maximum atomic E-state index is 4.46. The van der Waals surface area contributed by atoms with Crippen molar-refractivity contribution in [2.45, 2.75) is 19.9 Å². The van der Waals surface area contributed by atoms with Gasteiger partial charge >= 0.3 is 0 Å². The first-order valence-electron chi connectivity index (χ1n) is 5.97. The summed E-state index contributed by atoms with van der Waals surface area (Å²) in [5.74, 6) is 1.72. The fraction of sp³-hybridized carbons (Fsp3) is 0.357. The molecule has 17 heavy (non-hydrogen) atoms. The molecule has 1 unspecified atom stereocenters. The third kappa shape index (κ3) is 2.97. The van der Waals surface area contributed by atoms with E-state index in [1.54, 1.807) is 0 Å². The van der Waals surface area contributed by atoms with Crippen LogP contribution in [0.2, 0.25) is 0 Å². The maximum absolute atomic E-state index is 4.46. The van der Waals surface area contributed by atoms with Crippen molar-refractivity contribution < 1.29 is 0 Å². The summed E-state index contributed by atoms with van der Waals surface area (Å²) in [6.45, 7) is 3.25. The largest absolute Gasteiger partial charge is 0.331 e. The fourth-order valence-corrected chi connectivity index (χ4v) is 2.53. The second-order valence-electron chi connectivity index (χ2n) is 4.20. The van der Waals surface area contributed by atoms with Crippen LogP contribution in [-0.2, 0) is 6.54 Å². The molecule has 0 fully saturated rings. The molecule has 0 aliphatic carbocycles. The Kier molecular flexibility index (Phi) is 4.37. The summed E-state index contributed by atoms with van der Waals surface area (Å²) in [5.41, 5.74) is 1.18. The minimum atomic E-state index is 0.659. The molecule has 2 aromatic rings. The molecule has 90 valence electrons. The molecule has 0 saturated heterocycles. The molecule has 0 N–H and O–H groups in total. The second-order valence-corrected chi connectivity index (χ2v) is 4.85. The van der Waals surface area contributed by atoms with Crippen LogP contribution in [-0.4, -0.2) is 14.9 Å². The lowest BCUT2D eigenvalue weighted by molar-refractivity contribution is 0.481. The summed E-state index contributed by atoms with van der Waals surface area (Å²) in [6.07, 6.45) is 5.12. The minimum absolute atomic E-state index is 0.659. The quantitative estimate of drug-likeness (QED) is 0.763. The van der Waals surface area contributed by atoms with Crippen LogP contribution in [0.5, 0.6) is 0 Å². The van der Waals surface area contributed by atoms with Gasteiger partial charge in [0.05, 0.1) is 0 Å². The highest BCUT2D eigenvalue weighted by Crippen LogP contribution is 2.19. The molecular weight excluding hydrogens is 276 g/mol. The molecule has 0 aliphatic heterocycles. The van der Waals surface area contributed by atoms with Crippen LogP contribution in [0.25, 0.3) is 11.4 Å². The van der Waals surface area contributed by atoms with E-state index in [0.29, 0.717) is 5.92 Å². The van der Waals surface area contributed by atoms with Gasteiger partial charge in [-0.25, -0.2) is 4.98 Å². The summed E-state index contributed by atoms with van der Waals surface area (Å²) in [4.78, 5) is 4.46. The van der Waals surface area contributed by atoms with Gasteiger partial charge in [-0.15, -0.1) is 0 Å². The standard InChI is InChI=1S/C14H17BrN2/c1-2-12(10-15)11-17-9-8-16-14(17)13-6-4-3-5-7-13/h3-9,12H,2,10-11H2,1H3. The van der Waals surface area contributed by atoms with Crippen molar-refractivity contribution in [3.8, 4) is 11.4 Å². The molecule has 1 aromatic heterocycles. The van der Waals surface area contributed by atoms with E-state index in [0.717, 1.165) is 17.7 Å². The summed E-state index contributed by atoms with van der Waals surface area (Å²) in [7, 11) is 0. The molecule has 1 aromatic carbocycles. The van der Waals surface area contributed by atoms with Gasteiger partial charge in [0.25, 0.3) is 0 Å². The van der Waals surface area contributed by atoms with Crippen LogP contribution in [0, 0.1) is 5.92 Å². The lowest BCUT2D eigenvalue weighted by atomic mass is 10.1. The van der Waals surface area contributed by atoms with Gasteiger partial charge in [0.2, 0.25) is 0 Å². The van der Waals surface area contributed by atoms with Crippen molar-refractivity contribution in [1.29, 1.82) is 0 Å². The minimum Gasteiger partial charge on any atom is -0.331 e. The van der Waals surface area contributed by atoms with Crippen LogP contribution >= 0.6 is 15.9 Å². The normalized spacial score (nSPS) is 12.6. The number of halogens is 1. The number of rotatable bonds is 5. The van der Waals surface area contributed by atoms with Crippen molar-refractivity contribution in [3.05, 3.63) is 42.7 Å². The molecule has 2 nitrogen and oxygen atoms in total. The van der Waals surface area contributed by atoms with Gasteiger partial charge in [-0.3, -0.25) is 0 Å². The Labute approximate surface area is 111 Å². The lowest BCUT2D eigenvalue weighted by Gasteiger charge is -2.14. The van der Waals surface area contributed by atoms with Gasteiger partial charge in [-0.2, -0.15) is 0 Å². The Morgan fingerprint density at radius 3 is 2.71 bits per heavy atom. The van der Waals surface area contributed by atoms with E-state index in [1.165, 1.54) is 12.0 Å². The van der Waals surface area contributed by atoms with E-state index in [-0.39, 0.29) is 0 Å².